The van der Waals surface area contributed by atoms with Crippen molar-refractivity contribution in [2.75, 3.05) is 0 Å². The van der Waals surface area contributed by atoms with E-state index in [9.17, 15) is 9.90 Å². The average Bonchev–Trinajstić information content (AvgIpc) is 3.31. The summed E-state index contributed by atoms with van der Waals surface area (Å²) in [5, 5.41) is 17.5. The molecule has 0 unspecified atom stereocenters. The Morgan fingerprint density at radius 3 is 2.13 bits per heavy atom. The first-order valence-corrected chi connectivity index (χ1v) is 18.6. The van der Waals surface area contributed by atoms with Gasteiger partial charge in [-0.3, -0.25) is 9.78 Å². The van der Waals surface area contributed by atoms with Crippen molar-refractivity contribution in [1.82, 2.24) is 9.55 Å². The van der Waals surface area contributed by atoms with Crippen LogP contribution in [0.3, 0.4) is 0 Å². The van der Waals surface area contributed by atoms with E-state index in [0.29, 0.717) is 0 Å². The summed E-state index contributed by atoms with van der Waals surface area (Å²) in [6, 6.07) is 34.4. The van der Waals surface area contributed by atoms with E-state index in [1.807, 2.05) is 47.7 Å². The van der Waals surface area contributed by atoms with Crippen molar-refractivity contribution in [2.24, 2.45) is 10.8 Å². The summed E-state index contributed by atoms with van der Waals surface area (Å²) >= 11 is 0. The molecule has 1 aliphatic heterocycles. The predicted molar refractivity (Wildman–Crippen MR) is 192 cm³/mol. The van der Waals surface area contributed by atoms with Gasteiger partial charge in [0.1, 0.15) is 5.76 Å². The second kappa shape index (κ2) is 12.1. The van der Waals surface area contributed by atoms with E-state index in [1.165, 1.54) is 54.9 Å². The van der Waals surface area contributed by atoms with Crippen molar-refractivity contribution in [2.45, 2.75) is 54.6 Å². The number of ketones is 1. The summed E-state index contributed by atoms with van der Waals surface area (Å²) in [5.74, 6) is 0.104. The van der Waals surface area contributed by atoms with E-state index < -0.39 is 13.5 Å². The number of nitrogens with zero attached hydrogens (tertiary/aromatic N) is 2. The summed E-state index contributed by atoms with van der Waals surface area (Å²) in [5.41, 5.74) is 5.13. The molecule has 0 spiro atoms. The number of rotatable bonds is 2. The number of allylic oxidation sites excluding steroid dienone is 2. The molecule has 1 aliphatic rings. The van der Waals surface area contributed by atoms with Gasteiger partial charge in [0, 0.05) is 65.4 Å². The molecule has 237 valence electrons. The minimum atomic E-state index is -2.02. The Hall–Kier alpha value is -3.83. The maximum absolute atomic E-state index is 11.5. The topological polar surface area (TPSA) is 55.1 Å². The van der Waals surface area contributed by atoms with E-state index >= 15 is 0 Å². The van der Waals surface area contributed by atoms with Gasteiger partial charge in [-0.05, 0) is 24.3 Å². The Bertz CT molecular complexity index is 2130. The second-order valence-corrected chi connectivity index (χ2v) is 18.9. The Morgan fingerprint density at radius 1 is 0.804 bits per heavy atom. The van der Waals surface area contributed by atoms with Crippen LogP contribution in [0, 0.1) is 16.9 Å². The standard InChI is InChI=1S/C29H21N2Si.C11H20O2.Ir/c1-32(2)25-14-8-13-23-27(25)28-24(31(23)21-11-4-3-5-12-21)15-16-30-29(28)22-17-19-9-6-7-10-20(19)18-26(22)32;1-10(2,3)8(12)7-9(13)11(4,5)6;/h3-16,18H,1-2H3;7,12H,1-6H3;/q-1;;/b;8-7-;. The van der Waals surface area contributed by atoms with Crippen LogP contribution in [0.5, 0.6) is 0 Å². The van der Waals surface area contributed by atoms with E-state index in [2.05, 4.69) is 109 Å². The van der Waals surface area contributed by atoms with E-state index in [1.54, 1.807) is 0 Å². The number of benzene rings is 4. The Balaban J connectivity index is 0.000000256. The van der Waals surface area contributed by atoms with E-state index in [-0.39, 0.29) is 37.1 Å². The largest absolute Gasteiger partial charge is 0.512 e. The zero-order chi connectivity index (χ0) is 32.3. The van der Waals surface area contributed by atoms with Crippen LogP contribution in [0.15, 0.2) is 103 Å². The molecule has 4 nitrogen and oxygen atoms in total. The molecule has 0 atom stereocenters. The smallest absolute Gasteiger partial charge is 0.164 e. The number of para-hydroxylation sites is 1. The van der Waals surface area contributed by atoms with Crippen LogP contribution in [-0.2, 0) is 24.9 Å². The van der Waals surface area contributed by atoms with Crippen LogP contribution in [0.25, 0.3) is 49.5 Å². The maximum atomic E-state index is 11.5. The van der Waals surface area contributed by atoms with Crippen molar-refractivity contribution in [1.29, 1.82) is 0 Å². The number of aliphatic hydroxyl groups excluding tert-OH is 1. The van der Waals surface area contributed by atoms with Crippen LogP contribution >= 0.6 is 0 Å². The fourth-order valence-electron chi connectivity index (χ4n) is 6.12. The van der Waals surface area contributed by atoms with Crippen molar-refractivity contribution < 1.29 is 30.0 Å². The molecule has 2 aromatic heterocycles. The minimum Gasteiger partial charge on any atom is -0.512 e. The quantitative estimate of drug-likeness (QED) is 0.0824. The van der Waals surface area contributed by atoms with Gasteiger partial charge in [-0.2, -0.15) is 0 Å². The Kier molecular flexibility index (Phi) is 8.80. The SMILES string of the molecule is CC(C)(C)C(=O)/C=C(\O)C(C)(C)C.C[Si]1(C)c2cc3ccccc3[c-]c2-c2nccc3c2c2c1cccc2n3-c1ccccc1.[Ir]. The van der Waals surface area contributed by atoms with Gasteiger partial charge in [0.25, 0.3) is 0 Å². The fourth-order valence-corrected chi connectivity index (χ4v) is 9.12. The van der Waals surface area contributed by atoms with Crippen molar-refractivity contribution in [3.05, 3.63) is 109 Å². The summed E-state index contributed by atoms with van der Waals surface area (Å²) in [6.45, 7) is 16.1. The Labute approximate surface area is 286 Å². The molecule has 7 rings (SSSR count). The zero-order valence-corrected chi connectivity index (χ0v) is 31.2. The molecule has 1 N–H and O–H groups in total. The second-order valence-electron chi connectivity index (χ2n) is 14.6. The van der Waals surface area contributed by atoms with Gasteiger partial charge < -0.3 is 9.67 Å². The number of carbonyl (C=O) groups excluding carboxylic acids is 1. The van der Waals surface area contributed by atoms with Crippen molar-refractivity contribution >= 4 is 56.8 Å². The number of pyridine rings is 1. The van der Waals surface area contributed by atoms with Crippen molar-refractivity contribution in [3.8, 4) is 16.9 Å². The number of hydrogen-bond donors (Lipinski definition) is 1. The maximum Gasteiger partial charge on any atom is 0.164 e. The van der Waals surface area contributed by atoms with Crippen LogP contribution in [0.1, 0.15) is 41.5 Å². The van der Waals surface area contributed by atoms with Crippen LogP contribution < -0.4 is 10.4 Å². The molecule has 0 amide bonds. The van der Waals surface area contributed by atoms with Crippen LogP contribution in [0.4, 0.5) is 0 Å². The predicted octanol–water partition coefficient (Wildman–Crippen LogP) is 9.02. The fraction of sp³-hybridized carbons (Fsp3) is 0.250. The number of fused-ring (bicyclic) bond motifs is 3. The molecule has 6 aromatic rings. The molecular formula is C40H41IrN2O2Si-. The molecule has 1 radical (unpaired) electrons. The molecule has 0 aliphatic carbocycles. The summed E-state index contributed by atoms with van der Waals surface area (Å²) in [6.07, 6.45) is 3.29. The number of aliphatic hydroxyl groups is 1. The normalized spacial score (nSPS) is 14.0. The van der Waals surface area contributed by atoms with Gasteiger partial charge in [0.2, 0.25) is 0 Å². The molecular weight excluding hydrogens is 761 g/mol. The van der Waals surface area contributed by atoms with Crippen molar-refractivity contribution in [3.63, 3.8) is 0 Å². The van der Waals surface area contributed by atoms with E-state index in [4.69, 9.17) is 4.98 Å². The molecule has 4 aromatic carbocycles. The monoisotopic (exact) mass is 802 g/mol. The van der Waals surface area contributed by atoms with E-state index in [0.717, 1.165) is 11.1 Å². The first-order valence-electron chi connectivity index (χ1n) is 15.6. The summed E-state index contributed by atoms with van der Waals surface area (Å²) < 4.78 is 2.40. The van der Waals surface area contributed by atoms with Gasteiger partial charge in [0.15, 0.2) is 5.78 Å². The zero-order valence-electron chi connectivity index (χ0n) is 27.8. The van der Waals surface area contributed by atoms with Gasteiger partial charge >= 0.3 is 0 Å². The molecule has 0 saturated carbocycles. The molecule has 3 heterocycles. The third kappa shape index (κ3) is 5.79. The molecule has 0 fully saturated rings. The third-order valence-corrected chi connectivity index (χ3v) is 12.4. The summed E-state index contributed by atoms with van der Waals surface area (Å²) in [4.78, 5) is 16.5. The minimum absolute atomic E-state index is 0. The molecule has 6 heteroatoms. The number of aromatic nitrogens is 2. The average molecular weight is 802 g/mol. The van der Waals surface area contributed by atoms with Crippen LogP contribution in [0.2, 0.25) is 13.1 Å². The van der Waals surface area contributed by atoms with Gasteiger partial charge in [-0.25, -0.2) is 0 Å². The van der Waals surface area contributed by atoms with Gasteiger partial charge in [0.05, 0.1) is 19.1 Å². The third-order valence-electron chi connectivity index (χ3n) is 8.87. The first kappa shape index (κ1) is 33.5. The van der Waals surface area contributed by atoms with Gasteiger partial charge in [-0.15, -0.1) is 28.8 Å². The summed E-state index contributed by atoms with van der Waals surface area (Å²) in [7, 11) is -2.02. The molecule has 0 saturated heterocycles. The van der Waals surface area contributed by atoms with Crippen LogP contribution in [-0.4, -0.2) is 28.5 Å². The first-order chi connectivity index (χ1) is 21.2. The van der Waals surface area contributed by atoms with Gasteiger partial charge in [-0.1, -0.05) is 119 Å². The molecule has 46 heavy (non-hydrogen) atoms. The number of hydrogen-bond acceptors (Lipinski definition) is 3. The number of carbonyl (C=O) groups is 1. The molecule has 0 bridgehead atoms. The Morgan fingerprint density at radius 2 is 1.46 bits per heavy atom.